The van der Waals surface area contributed by atoms with E-state index < -0.39 is 6.03 Å². The zero-order valence-electron chi connectivity index (χ0n) is 48.4. The second kappa shape index (κ2) is 29.6. The third-order valence-corrected chi connectivity index (χ3v) is 12.3. The van der Waals surface area contributed by atoms with Crippen LogP contribution in [0.4, 0.5) is 90.9 Å². The molecule has 0 saturated carbocycles. The van der Waals surface area contributed by atoms with Crippen LogP contribution in [0.15, 0.2) is 211 Å². The second-order valence-electron chi connectivity index (χ2n) is 19.0. The number of nitrogens with zero attached hydrogens (tertiary/aromatic N) is 12. The van der Waals surface area contributed by atoms with Gasteiger partial charge < -0.3 is 50.2 Å². The van der Waals surface area contributed by atoms with E-state index in [2.05, 4.69) is 77.1 Å². The van der Waals surface area contributed by atoms with E-state index in [1.807, 2.05) is 149 Å². The summed E-state index contributed by atoms with van der Waals surface area (Å²) in [7, 11) is 7.96. The number of anilines is 7. The molecule has 0 radical (unpaired) electrons. The molecule has 8 aromatic carbocycles. The van der Waals surface area contributed by atoms with Crippen molar-refractivity contribution in [3.05, 3.63) is 192 Å². The van der Waals surface area contributed by atoms with Crippen molar-refractivity contribution in [1.82, 2.24) is 15.0 Å². The first-order valence-corrected chi connectivity index (χ1v) is 26.6. The second-order valence-corrected chi connectivity index (χ2v) is 19.0. The van der Waals surface area contributed by atoms with E-state index >= 15 is 0 Å². The van der Waals surface area contributed by atoms with Gasteiger partial charge in [-0.25, -0.2) is 4.79 Å². The summed E-state index contributed by atoms with van der Waals surface area (Å²) in [6.45, 7) is 8.24. The number of nitrogens with one attached hydrogen (secondary N) is 4. The van der Waals surface area contributed by atoms with Gasteiger partial charge in [-0.05, 0) is 147 Å². The highest BCUT2D eigenvalue weighted by molar-refractivity contribution is 6.02. The van der Waals surface area contributed by atoms with Crippen LogP contribution in [0.3, 0.4) is 0 Å². The summed E-state index contributed by atoms with van der Waals surface area (Å²) < 4.78 is 22.2. The van der Waals surface area contributed by atoms with Crippen LogP contribution in [0.5, 0.6) is 23.0 Å². The molecular weight excluding hydrogens is 1080 g/mol. The maximum absolute atomic E-state index is 12.8. The van der Waals surface area contributed by atoms with Crippen LogP contribution in [0.25, 0.3) is 0 Å². The monoisotopic (exact) mass is 1140 g/mol. The number of carbonyl (C=O) groups excluding carboxylic acids is 1. The first kappa shape index (κ1) is 60.1. The van der Waals surface area contributed by atoms with Gasteiger partial charge in [0.05, 0.1) is 103 Å². The van der Waals surface area contributed by atoms with E-state index in [0.29, 0.717) is 81.0 Å². The molecular formula is C63H64N16O6. The molecule has 0 fully saturated rings. The highest BCUT2D eigenvalue weighted by Crippen LogP contribution is 2.37. The fraction of sp³-hybridized carbons (Fsp3) is 0.175. The van der Waals surface area contributed by atoms with Gasteiger partial charge in [-0.2, -0.15) is 55.9 Å². The minimum atomic E-state index is -0.468. The molecule has 0 aliphatic rings. The molecule has 9 aromatic rings. The Kier molecular flexibility index (Phi) is 21.0. The van der Waals surface area contributed by atoms with Crippen molar-refractivity contribution >= 4 is 92.1 Å². The Balaban J connectivity index is 0.000000226. The number of aryl methyl sites for hydroxylation is 4. The van der Waals surface area contributed by atoms with Gasteiger partial charge in [-0.3, -0.25) is 0 Å². The van der Waals surface area contributed by atoms with E-state index in [4.69, 9.17) is 18.9 Å². The number of urea groups is 1. The quantitative estimate of drug-likeness (QED) is 0.0421. The van der Waals surface area contributed by atoms with Crippen molar-refractivity contribution in [2.24, 2.45) is 40.9 Å². The summed E-state index contributed by atoms with van der Waals surface area (Å²) >= 11 is 0. The first-order chi connectivity index (χ1) is 41.3. The van der Waals surface area contributed by atoms with E-state index in [1.165, 1.54) is 14.2 Å². The summed E-state index contributed by atoms with van der Waals surface area (Å²) in [5, 5.41) is 56.0. The predicted octanol–water partition coefficient (Wildman–Crippen LogP) is 17.0. The minimum absolute atomic E-state index is 0.0769. The molecule has 1 heterocycles. The number of aromatic nitrogens is 3. The lowest BCUT2D eigenvalue weighted by atomic mass is 10.2. The van der Waals surface area contributed by atoms with Crippen molar-refractivity contribution < 1.29 is 28.8 Å². The van der Waals surface area contributed by atoms with Crippen LogP contribution in [0, 0.1) is 27.7 Å². The van der Waals surface area contributed by atoms with Gasteiger partial charge >= 0.3 is 6.03 Å². The van der Waals surface area contributed by atoms with Gasteiger partial charge in [0.2, 0.25) is 17.8 Å². The van der Waals surface area contributed by atoms with Gasteiger partial charge in [0.25, 0.3) is 0 Å². The Bertz CT molecular complexity index is 3650. The number of aliphatic hydroxyl groups excluding tert-OH is 1. The van der Waals surface area contributed by atoms with Gasteiger partial charge in [0.15, 0.2) is 0 Å². The fourth-order valence-corrected chi connectivity index (χ4v) is 8.02. The summed E-state index contributed by atoms with van der Waals surface area (Å²) in [4.78, 5) is 28.2. The average Bonchev–Trinajstić information content (AvgIpc) is 3.59. The molecule has 0 aliphatic carbocycles. The molecule has 85 heavy (non-hydrogen) atoms. The number of rotatable bonds is 21. The van der Waals surface area contributed by atoms with Crippen LogP contribution in [0.1, 0.15) is 22.3 Å². The molecule has 0 bridgehead atoms. The molecule has 5 N–H and O–H groups in total. The normalized spacial score (nSPS) is 11.1. The molecule has 0 spiro atoms. The van der Waals surface area contributed by atoms with E-state index in [9.17, 15) is 9.90 Å². The number of hydrogen-bond acceptors (Lipinski definition) is 20. The topological polar surface area (TPSA) is 263 Å². The van der Waals surface area contributed by atoms with Crippen LogP contribution >= 0.6 is 0 Å². The molecule has 1 aromatic heterocycles. The van der Waals surface area contributed by atoms with Gasteiger partial charge in [0, 0.05) is 37.9 Å². The Hall–Kier alpha value is -11.0. The van der Waals surface area contributed by atoms with E-state index in [-0.39, 0.29) is 18.5 Å². The summed E-state index contributed by atoms with van der Waals surface area (Å²) in [6.07, 6.45) is 0. The highest BCUT2D eigenvalue weighted by Gasteiger charge is 2.16. The molecule has 2 amide bonds. The van der Waals surface area contributed by atoms with Gasteiger partial charge in [-0.1, -0.05) is 48.5 Å². The maximum atomic E-state index is 12.8. The molecule has 0 aliphatic heterocycles. The number of benzene rings is 8. The van der Waals surface area contributed by atoms with Crippen LogP contribution in [0.2, 0.25) is 0 Å². The highest BCUT2D eigenvalue weighted by atomic mass is 16.5. The summed E-state index contributed by atoms with van der Waals surface area (Å²) in [5.74, 6) is 2.75. The molecule has 432 valence electrons. The van der Waals surface area contributed by atoms with E-state index in [1.54, 1.807) is 74.7 Å². The molecule has 0 unspecified atom stereocenters. The molecule has 22 heteroatoms. The number of azo groups is 4. The SMILES string of the molecule is COc1cc(N=Nc2cccc(C)c2)ccc1NC(=O)Nc1ccc(N=Nc2cccc(C)c2)cc1OC.COc1cc(N=Nc2cccc(C)c2)ccc1Nc1nc(Nc2ccc(N=Nc3cccc(C)c3)cc2OC)nc(N(C)CCO)n1. The Morgan fingerprint density at radius 2 is 0.694 bits per heavy atom. The Morgan fingerprint density at radius 3 is 0.976 bits per heavy atom. The van der Waals surface area contributed by atoms with Crippen LogP contribution in [-0.2, 0) is 0 Å². The third-order valence-electron chi connectivity index (χ3n) is 12.3. The Labute approximate surface area is 492 Å². The number of hydrogen-bond donors (Lipinski definition) is 5. The lowest BCUT2D eigenvalue weighted by Gasteiger charge is -2.18. The van der Waals surface area contributed by atoms with E-state index in [0.717, 1.165) is 45.0 Å². The minimum Gasteiger partial charge on any atom is -0.494 e. The van der Waals surface area contributed by atoms with Crippen molar-refractivity contribution in [2.75, 3.05) is 74.8 Å². The standard InChI is InChI=1S/C34H36N10O3.C29H28N6O3/c1-22-8-6-10-24(18-22)40-42-26-12-14-28(30(20-26)46-4)35-32-37-33(39-34(38-32)44(3)16-17-45)36-29-15-13-27(21-31(29)47-5)43-41-25-11-7-9-23(2)19-25;1-19-7-5-9-21(15-19)32-34-23-11-13-25(27(17-23)37-3)30-29(36)31-26-14-12-24(18-28(26)38-4)35-33-22-10-6-8-20(2)16-22/h6-15,18-21,45H,16-17H2,1-5H3,(H2,35,36,37,38,39);5-18H,1-4H3,(H2,30,31,36). The average molecular weight is 1140 g/mol. The lowest BCUT2D eigenvalue weighted by Crippen LogP contribution is -2.24. The number of methoxy groups -OCH3 is 4. The zero-order chi connectivity index (χ0) is 60.1. The summed E-state index contributed by atoms with van der Waals surface area (Å²) in [5.41, 5.74) is 12.0. The predicted molar refractivity (Wildman–Crippen MR) is 333 cm³/mol. The number of carbonyl (C=O) groups is 1. The van der Waals surface area contributed by atoms with Crippen molar-refractivity contribution in [1.29, 1.82) is 0 Å². The maximum Gasteiger partial charge on any atom is 0.323 e. The molecule has 0 atom stereocenters. The summed E-state index contributed by atoms with van der Waals surface area (Å²) in [6, 6.07) is 51.6. The van der Waals surface area contributed by atoms with Crippen molar-refractivity contribution in [3.8, 4) is 23.0 Å². The van der Waals surface area contributed by atoms with Crippen molar-refractivity contribution in [3.63, 3.8) is 0 Å². The van der Waals surface area contributed by atoms with Crippen LogP contribution in [-0.4, -0.2) is 74.7 Å². The number of ether oxygens (including phenoxy) is 4. The number of likely N-dealkylation sites (N-methyl/N-ethyl adjacent to an activating group) is 1. The van der Waals surface area contributed by atoms with Crippen molar-refractivity contribution in [2.45, 2.75) is 27.7 Å². The van der Waals surface area contributed by atoms with Gasteiger partial charge in [0.1, 0.15) is 23.0 Å². The van der Waals surface area contributed by atoms with Crippen LogP contribution < -0.4 is 45.1 Å². The third kappa shape index (κ3) is 17.7. The molecule has 0 saturated heterocycles. The lowest BCUT2D eigenvalue weighted by molar-refractivity contribution is 0.262. The number of aliphatic hydroxyl groups is 1. The zero-order valence-corrected chi connectivity index (χ0v) is 48.4. The number of amides is 2. The molecule has 22 nitrogen and oxygen atoms in total. The first-order valence-electron chi connectivity index (χ1n) is 26.6. The largest absolute Gasteiger partial charge is 0.494 e. The fourth-order valence-electron chi connectivity index (χ4n) is 8.02. The molecule has 9 rings (SSSR count). The smallest absolute Gasteiger partial charge is 0.323 e. The Morgan fingerprint density at radius 1 is 0.412 bits per heavy atom. The van der Waals surface area contributed by atoms with Gasteiger partial charge in [-0.15, -0.1) is 0 Å².